The third-order valence-electron chi connectivity index (χ3n) is 0. The third-order valence-corrected chi connectivity index (χ3v) is 0. The zero-order chi connectivity index (χ0) is 0. The van der Waals surface area contributed by atoms with E-state index >= 15 is 0 Å². The van der Waals surface area contributed by atoms with Crippen LogP contribution in [-0.2, 0) is 0 Å². The summed E-state index contributed by atoms with van der Waals surface area (Å²) >= 11 is 0. The highest BCUT2D eigenvalue weighted by Crippen LogP contribution is 0.861. The Kier molecular flexibility index (Phi) is 671. The van der Waals surface area contributed by atoms with Crippen molar-refractivity contribution in [1.82, 2.24) is 6.15 Å². The molecule has 0 bridgehead atoms. The van der Waals surface area contributed by atoms with Crippen molar-refractivity contribution in [1.29, 1.82) is 0 Å². The average Bonchev–Trinajstić information content (AvgIpc) is 0. The first-order chi connectivity index (χ1) is 0. The molecule has 3 N–H and O–H groups in total. The monoisotopic (exact) mass is 121 g/mol. The van der Waals surface area contributed by atoms with Gasteiger partial charge in [-0.15, -0.1) is 12.4 Å². The predicted molar refractivity (Wildman–Crippen MR) is 33.8 cm³/mol. The summed E-state index contributed by atoms with van der Waals surface area (Å²) in [4.78, 5) is 0. The van der Waals surface area contributed by atoms with Gasteiger partial charge in [0.25, 0.3) is 0 Å². The highest BCUT2D eigenvalue weighted by atomic mass is 35.5. The SMILES string of the molecule is Cl.N.P.S. The van der Waals surface area contributed by atoms with Crippen LogP contribution in [0.3, 0.4) is 0 Å². The molecule has 0 heterocycles. The molecule has 0 aliphatic heterocycles. The van der Waals surface area contributed by atoms with E-state index in [4.69, 9.17) is 0 Å². The molecule has 0 aromatic rings. The summed E-state index contributed by atoms with van der Waals surface area (Å²) in [5.74, 6) is 0. The van der Waals surface area contributed by atoms with Crippen molar-refractivity contribution >= 4 is 35.8 Å². The lowest BCUT2D eigenvalue weighted by molar-refractivity contribution is 2.13. The highest BCUT2D eigenvalue weighted by Gasteiger charge is -0.146. The Balaban J connectivity index is 0. The number of rotatable bonds is 0. The fourth-order valence-corrected chi connectivity index (χ4v) is 0. The van der Waals surface area contributed by atoms with Crippen molar-refractivity contribution in [2.45, 2.75) is 0 Å². The molecule has 1 nitrogen and oxygen atoms in total. The Morgan fingerprint density at radius 3 is 1.00 bits per heavy atom. The third kappa shape index (κ3) is 11.8. The van der Waals surface area contributed by atoms with Crippen LogP contribution in [0.1, 0.15) is 0 Å². The fourth-order valence-electron chi connectivity index (χ4n) is 0. The Hall–Kier alpha value is 1.03. The van der Waals surface area contributed by atoms with Crippen LogP contribution < -0.4 is 6.15 Å². The maximum absolute atomic E-state index is 0. The molecule has 0 amide bonds. The average molecular weight is 122 g/mol. The summed E-state index contributed by atoms with van der Waals surface area (Å²) < 4.78 is 0. The normalized spacial score (nSPS) is 0. The van der Waals surface area contributed by atoms with E-state index in [1.165, 1.54) is 0 Å². The molecule has 0 saturated carbocycles. The van der Waals surface area contributed by atoms with E-state index in [0.29, 0.717) is 0 Å². The van der Waals surface area contributed by atoms with Crippen molar-refractivity contribution < 1.29 is 0 Å². The summed E-state index contributed by atoms with van der Waals surface area (Å²) in [5, 5.41) is 0. The molecule has 0 aliphatic rings. The van der Waals surface area contributed by atoms with Crippen LogP contribution in [0.2, 0.25) is 0 Å². The molecule has 0 aromatic carbocycles. The molecule has 4 heteroatoms. The molecule has 0 fully saturated rings. The van der Waals surface area contributed by atoms with E-state index in [1.54, 1.807) is 0 Å². The lowest BCUT2D eigenvalue weighted by atomic mass is 14.0. The lowest BCUT2D eigenvalue weighted by Crippen LogP contribution is -0.481. The molecule has 4 heavy (non-hydrogen) atoms. The molecule has 0 rings (SSSR count). The van der Waals surface area contributed by atoms with E-state index in [1.807, 2.05) is 0 Å². The summed E-state index contributed by atoms with van der Waals surface area (Å²) in [5.41, 5.74) is 0. The van der Waals surface area contributed by atoms with Gasteiger partial charge in [-0.1, -0.05) is 0 Å². The molecule has 0 aromatic heterocycles. The first-order valence-corrected chi connectivity index (χ1v) is 0. The van der Waals surface area contributed by atoms with Gasteiger partial charge in [-0.25, -0.2) is 0 Å². The van der Waals surface area contributed by atoms with Crippen molar-refractivity contribution in [3.63, 3.8) is 0 Å². The van der Waals surface area contributed by atoms with E-state index in [2.05, 4.69) is 0 Å². The minimum Gasteiger partial charge on any atom is -0.344 e. The number of halogens is 1. The molecule has 0 saturated heterocycles. The first kappa shape index (κ1) is 77.0. The van der Waals surface area contributed by atoms with Crippen LogP contribution in [-0.4, -0.2) is 0 Å². The largest absolute Gasteiger partial charge is 0.344 e. The first-order valence-electron chi connectivity index (χ1n) is 0. The van der Waals surface area contributed by atoms with Crippen LogP contribution in [0.4, 0.5) is 0 Å². The Bertz CT molecular complexity index is 8.00. The van der Waals surface area contributed by atoms with Gasteiger partial charge in [0.15, 0.2) is 0 Å². The van der Waals surface area contributed by atoms with Crippen molar-refractivity contribution in [3.8, 4) is 0 Å². The Labute approximate surface area is 42.6 Å². The van der Waals surface area contributed by atoms with Crippen LogP contribution in [0, 0.1) is 0 Å². The van der Waals surface area contributed by atoms with E-state index in [-0.39, 0.29) is 42.0 Å². The van der Waals surface area contributed by atoms with Crippen LogP contribution in [0.15, 0.2) is 0 Å². The van der Waals surface area contributed by atoms with Gasteiger partial charge in [0, 0.05) is 0 Å². The van der Waals surface area contributed by atoms with E-state index < -0.39 is 0 Å². The Morgan fingerprint density at radius 2 is 1.00 bits per heavy atom. The zero-order valence-electron chi connectivity index (χ0n) is 2.32. The summed E-state index contributed by atoms with van der Waals surface area (Å²) in [6.45, 7) is 0. The lowest BCUT2D eigenvalue weighted by Gasteiger charge is -0.344. The van der Waals surface area contributed by atoms with Gasteiger partial charge >= 0.3 is 0 Å². The second-order valence-corrected chi connectivity index (χ2v) is 0. The number of hydrogen-bond acceptors (Lipinski definition) is 1. The summed E-state index contributed by atoms with van der Waals surface area (Å²) in [6.07, 6.45) is 0. The smallest absolute Gasteiger partial charge is 0.147 e. The summed E-state index contributed by atoms with van der Waals surface area (Å²) in [7, 11) is 0. The molecule has 1 atom stereocenters. The van der Waals surface area contributed by atoms with Crippen LogP contribution in [0.25, 0.3) is 0 Å². The molecule has 32 valence electrons. The van der Waals surface area contributed by atoms with E-state index in [0.717, 1.165) is 0 Å². The van der Waals surface area contributed by atoms with Crippen molar-refractivity contribution in [2.75, 3.05) is 0 Å². The van der Waals surface area contributed by atoms with Crippen LogP contribution >= 0.6 is 35.8 Å². The van der Waals surface area contributed by atoms with Gasteiger partial charge < -0.3 is 6.15 Å². The highest BCUT2D eigenvalue weighted by molar-refractivity contribution is 7.59. The molecular formula is H9ClNPS. The maximum atomic E-state index is 0. The molecule has 0 radical (unpaired) electrons. The summed E-state index contributed by atoms with van der Waals surface area (Å²) in [6, 6.07) is 0. The van der Waals surface area contributed by atoms with Gasteiger partial charge in [-0.05, 0) is 0 Å². The van der Waals surface area contributed by atoms with Gasteiger partial charge in [-0.2, -0.15) is 23.4 Å². The minimum absolute atomic E-state index is 0. The zero-order valence-corrected chi connectivity index (χ0v) is 5.55. The molecule has 0 aliphatic carbocycles. The van der Waals surface area contributed by atoms with Crippen molar-refractivity contribution in [2.24, 2.45) is 0 Å². The second-order valence-electron chi connectivity index (χ2n) is 0. The van der Waals surface area contributed by atoms with Gasteiger partial charge in [0.05, 0.1) is 0 Å². The predicted octanol–water partition coefficient (Wildman–Crippen LogP) is 0.755. The van der Waals surface area contributed by atoms with Gasteiger partial charge in [0.1, 0.15) is 0 Å². The maximum Gasteiger partial charge on any atom is -0.147 e. The second kappa shape index (κ2) is 34.9. The van der Waals surface area contributed by atoms with Gasteiger partial charge in [0.2, 0.25) is 0 Å². The van der Waals surface area contributed by atoms with Crippen LogP contribution in [0.5, 0.6) is 0 Å². The van der Waals surface area contributed by atoms with Crippen molar-refractivity contribution in [3.05, 3.63) is 0 Å². The molecule has 1 unspecified atom stereocenters. The Morgan fingerprint density at radius 1 is 1.00 bits per heavy atom. The topological polar surface area (TPSA) is 35.0 Å². The molecule has 0 spiro atoms. The number of hydrogen-bond donors (Lipinski definition) is 1. The standard InChI is InChI=1S/ClH.H3N.H3P.H2S/h1H;2*1H3;1H2. The minimum atomic E-state index is 0. The van der Waals surface area contributed by atoms with Gasteiger partial charge in [-0.3, -0.25) is 0 Å². The quantitative estimate of drug-likeness (QED) is 0.472. The fraction of sp³-hybridized carbons (Fsp3) is 0. The molecular weight excluding hydrogens is 113 g/mol. The van der Waals surface area contributed by atoms with E-state index in [9.17, 15) is 0 Å².